The first-order chi connectivity index (χ1) is 14.0. The Morgan fingerprint density at radius 2 is 1.79 bits per heavy atom. The number of aryl methyl sites for hydroxylation is 1. The Balaban J connectivity index is 1.83. The van der Waals surface area contributed by atoms with E-state index in [-0.39, 0.29) is 17.5 Å². The highest BCUT2D eigenvalue weighted by Crippen LogP contribution is 2.27. The number of rotatable bonds is 5. The number of nitrogens with one attached hydrogen (secondary N) is 1. The molecule has 0 bridgehead atoms. The number of carbonyl (C=O) groups is 1. The van der Waals surface area contributed by atoms with Gasteiger partial charge in [-0.1, -0.05) is 49.4 Å². The van der Waals surface area contributed by atoms with Gasteiger partial charge in [-0.2, -0.15) is 4.98 Å². The summed E-state index contributed by atoms with van der Waals surface area (Å²) >= 11 is 0. The second kappa shape index (κ2) is 7.54. The Hall–Kier alpha value is -3.41. The van der Waals surface area contributed by atoms with Gasteiger partial charge in [-0.15, -0.1) is 0 Å². The van der Waals surface area contributed by atoms with Crippen molar-refractivity contribution in [1.82, 2.24) is 19.5 Å². The van der Waals surface area contributed by atoms with E-state index >= 15 is 0 Å². The van der Waals surface area contributed by atoms with Crippen molar-refractivity contribution < 1.29 is 4.79 Å². The lowest BCUT2D eigenvalue weighted by atomic mass is 10.1. The van der Waals surface area contributed by atoms with E-state index in [9.17, 15) is 9.59 Å². The summed E-state index contributed by atoms with van der Waals surface area (Å²) in [7, 11) is 0. The van der Waals surface area contributed by atoms with Gasteiger partial charge in [0.05, 0.1) is 11.6 Å². The van der Waals surface area contributed by atoms with E-state index in [1.807, 2.05) is 84.6 Å². The minimum atomic E-state index is -0.438. The van der Waals surface area contributed by atoms with Crippen LogP contribution in [0, 0.1) is 6.92 Å². The Morgan fingerprint density at radius 1 is 1.10 bits per heavy atom. The van der Waals surface area contributed by atoms with Crippen molar-refractivity contribution in [3.05, 3.63) is 82.3 Å². The SMILES string of the molecule is CC[C@H](C(=O)N[C@@H](C)c1ccccc1)n1c2ccccc2c2nc(=O)cc(C)n21. The number of para-hydroxylation sites is 1. The van der Waals surface area contributed by atoms with E-state index in [4.69, 9.17) is 0 Å². The maximum absolute atomic E-state index is 13.3. The molecule has 1 amide bonds. The predicted octanol–water partition coefficient (Wildman–Crippen LogP) is 3.79. The first-order valence-electron chi connectivity index (χ1n) is 9.86. The number of benzene rings is 2. The summed E-state index contributed by atoms with van der Waals surface area (Å²) in [6.07, 6.45) is 0.604. The zero-order chi connectivity index (χ0) is 20.5. The molecular formula is C23H24N4O2. The van der Waals surface area contributed by atoms with Gasteiger partial charge in [0.2, 0.25) is 5.91 Å². The van der Waals surface area contributed by atoms with E-state index in [2.05, 4.69) is 10.3 Å². The largest absolute Gasteiger partial charge is 0.348 e. The van der Waals surface area contributed by atoms with Crippen LogP contribution in [0.15, 0.2) is 65.5 Å². The molecule has 6 nitrogen and oxygen atoms in total. The molecule has 0 fully saturated rings. The van der Waals surface area contributed by atoms with Crippen LogP contribution in [0.25, 0.3) is 16.6 Å². The fourth-order valence-corrected chi connectivity index (χ4v) is 3.92. The molecule has 0 aliphatic heterocycles. The van der Waals surface area contributed by atoms with Crippen LogP contribution in [0.3, 0.4) is 0 Å². The fraction of sp³-hybridized carbons (Fsp3) is 0.261. The van der Waals surface area contributed by atoms with Gasteiger partial charge in [-0.25, -0.2) is 4.52 Å². The smallest absolute Gasteiger partial charge is 0.273 e. The number of nitrogens with zero attached hydrogens (tertiary/aromatic N) is 3. The third-order valence-electron chi connectivity index (χ3n) is 5.33. The van der Waals surface area contributed by atoms with Crippen LogP contribution in [0.2, 0.25) is 0 Å². The summed E-state index contributed by atoms with van der Waals surface area (Å²) in [5.41, 5.74) is 2.98. The highest BCUT2D eigenvalue weighted by molar-refractivity contribution is 5.94. The van der Waals surface area contributed by atoms with Crippen molar-refractivity contribution in [1.29, 1.82) is 0 Å². The van der Waals surface area contributed by atoms with Gasteiger partial charge in [0, 0.05) is 17.1 Å². The monoisotopic (exact) mass is 388 g/mol. The van der Waals surface area contributed by atoms with Crippen molar-refractivity contribution >= 4 is 22.5 Å². The zero-order valence-corrected chi connectivity index (χ0v) is 16.8. The molecule has 4 rings (SSSR count). The Kier molecular flexibility index (Phi) is 4.92. The molecule has 2 aromatic heterocycles. The van der Waals surface area contributed by atoms with Crippen LogP contribution in [-0.4, -0.2) is 20.1 Å². The highest BCUT2D eigenvalue weighted by Gasteiger charge is 2.25. The molecule has 0 radical (unpaired) electrons. The van der Waals surface area contributed by atoms with Gasteiger partial charge in [0.1, 0.15) is 6.04 Å². The molecule has 2 heterocycles. The number of hydrogen-bond acceptors (Lipinski definition) is 3. The van der Waals surface area contributed by atoms with Gasteiger partial charge >= 0.3 is 0 Å². The van der Waals surface area contributed by atoms with E-state index in [0.29, 0.717) is 12.1 Å². The van der Waals surface area contributed by atoms with Crippen LogP contribution in [0.4, 0.5) is 0 Å². The Morgan fingerprint density at radius 3 is 2.52 bits per heavy atom. The Labute approximate surface area is 168 Å². The number of hydrogen-bond donors (Lipinski definition) is 1. The van der Waals surface area contributed by atoms with Crippen LogP contribution in [0.5, 0.6) is 0 Å². The molecule has 0 aliphatic rings. The van der Waals surface area contributed by atoms with E-state index in [1.54, 1.807) is 0 Å². The molecule has 0 unspecified atom stereocenters. The molecule has 2 atom stereocenters. The Bertz CT molecular complexity index is 1240. The zero-order valence-electron chi connectivity index (χ0n) is 16.8. The minimum Gasteiger partial charge on any atom is -0.348 e. The fourth-order valence-electron chi connectivity index (χ4n) is 3.92. The van der Waals surface area contributed by atoms with Gasteiger partial charge in [-0.05, 0) is 38.0 Å². The third-order valence-corrected chi connectivity index (χ3v) is 5.33. The maximum atomic E-state index is 13.3. The number of fused-ring (bicyclic) bond motifs is 3. The predicted molar refractivity (Wildman–Crippen MR) is 114 cm³/mol. The molecule has 1 N–H and O–H groups in total. The molecule has 0 saturated heterocycles. The van der Waals surface area contributed by atoms with Crippen molar-refractivity contribution in [2.24, 2.45) is 0 Å². The molecule has 4 aromatic rings. The molecule has 0 saturated carbocycles. The molecule has 0 spiro atoms. The quantitative estimate of drug-likeness (QED) is 0.566. The van der Waals surface area contributed by atoms with Crippen molar-refractivity contribution in [3.63, 3.8) is 0 Å². The summed E-state index contributed by atoms with van der Waals surface area (Å²) in [4.78, 5) is 29.5. The summed E-state index contributed by atoms with van der Waals surface area (Å²) in [5.74, 6) is -0.0652. The molecule has 0 aliphatic carbocycles. The topological polar surface area (TPSA) is 68.4 Å². The van der Waals surface area contributed by atoms with Crippen molar-refractivity contribution in [2.75, 3.05) is 0 Å². The summed E-state index contributed by atoms with van der Waals surface area (Å²) in [6.45, 7) is 5.83. The third kappa shape index (κ3) is 3.31. The molecule has 6 heteroatoms. The summed E-state index contributed by atoms with van der Waals surface area (Å²) < 4.78 is 3.84. The van der Waals surface area contributed by atoms with Gasteiger partial charge in [-0.3, -0.25) is 14.3 Å². The average molecular weight is 388 g/mol. The summed E-state index contributed by atoms with van der Waals surface area (Å²) in [6, 6.07) is 18.6. The second-order valence-corrected chi connectivity index (χ2v) is 7.30. The first kappa shape index (κ1) is 18.9. The second-order valence-electron chi connectivity index (χ2n) is 7.30. The van der Waals surface area contributed by atoms with Crippen LogP contribution < -0.4 is 10.9 Å². The molecule has 2 aromatic carbocycles. The average Bonchev–Trinajstić information content (AvgIpc) is 3.04. The molecule has 148 valence electrons. The lowest BCUT2D eigenvalue weighted by Gasteiger charge is -2.23. The first-order valence-corrected chi connectivity index (χ1v) is 9.86. The standard InChI is InChI=1S/C23H24N4O2/c1-4-19(23(29)24-16(3)17-10-6-5-7-11-17)27-20-13-9-8-12-18(20)22-25-21(28)14-15(2)26(22)27/h5-14,16,19H,4H2,1-3H3,(H,24,29)/t16-,19+/m0/s1. The van der Waals surface area contributed by atoms with E-state index < -0.39 is 6.04 Å². The number of amides is 1. The van der Waals surface area contributed by atoms with Crippen LogP contribution in [-0.2, 0) is 4.79 Å². The maximum Gasteiger partial charge on any atom is 0.273 e. The van der Waals surface area contributed by atoms with E-state index in [0.717, 1.165) is 22.2 Å². The van der Waals surface area contributed by atoms with Crippen LogP contribution in [0.1, 0.15) is 43.6 Å². The normalized spacial score (nSPS) is 13.5. The number of aromatic nitrogens is 3. The van der Waals surface area contributed by atoms with Crippen LogP contribution >= 0.6 is 0 Å². The van der Waals surface area contributed by atoms with Gasteiger partial charge < -0.3 is 5.32 Å². The highest BCUT2D eigenvalue weighted by atomic mass is 16.2. The van der Waals surface area contributed by atoms with Gasteiger partial charge in [0.15, 0.2) is 5.65 Å². The van der Waals surface area contributed by atoms with Crippen molar-refractivity contribution in [2.45, 2.75) is 39.3 Å². The van der Waals surface area contributed by atoms with Crippen molar-refractivity contribution in [3.8, 4) is 0 Å². The minimum absolute atomic E-state index is 0.0652. The number of carbonyl (C=O) groups excluding carboxylic acids is 1. The molecule has 29 heavy (non-hydrogen) atoms. The lowest BCUT2D eigenvalue weighted by Crippen LogP contribution is -2.35. The molecular weight excluding hydrogens is 364 g/mol. The van der Waals surface area contributed by atoms with Gasteiger partial charge in [0.25, 0.3) is 5.56 Å². The lowest BCUT2D eigenvalue weighted by molar-refractivity contribution is -0.125. The van der Waals surface area contributed by atoms with E-state index in [1.165, 1.54) is 6.07 Å². The summed E-state index contributed by atoms with van der Waals surface area (Å²) in [5, 5.41) is 4.00.